The van der Waals surface area contributed by atoms with Crippen molar-refractivity contribution in [1.82, 2.24) is 14.8 Å². The quantitative estimate of drug-likeness (QED) is 0.820. The zero-order valence-electron chi connectivity index (χ0n) is 12.5. The van der Waals surface area contributed by atoms with E-state index in [-0.39, 0.29) is 18.4 Å². The highest BCUT2D eigenvalue weighted by Gasteiger charge is 2.22. The van der Waals surface area contributed by atoms with E-state index in [1.807, 2.05) is 0 Å². The maximum absolute atomic E-state index is 12.0. The SMILES string of the molecule is Cn1cccc1C(=O)NC(=O)CN1CCCC(CCN)C1. The van der Waals surface area contributed by atoms with Gasteiger partial charge >= 0.3 is 0 Å². The van der Waals surface area contributed by atoms with Crippen molar-refractivity contribution in [2.24, 2.45) is 18.7 Å². The summed E-state index contributed by atoms with van der Waals surface area (Å²) in [6.45, 7) is 2.77. The molecule has 0 bridgehead atoms. The van der Waals surface area contributed by atoms with Crippen LogP contribution in [0.3, 0.4) is 0 Å². The molecule has 0 saturated carbocycles. The third kappa shape index (κ3) is 4.41. The van der Waals surface area contributed by atoms with Gasteiger partial charge in [-0.1, -0.05) is 0 Å². The van der Waals surface area contributed by atoms with Gasteiger partial charge in [0.2, 0.25) is 5.91 Å². The normalized spacial score (nSPS) is 19.4. The number of rotatable bonds is 5. The van der Waals surface area contributed by atoms with Crippen molar-refractivity contribution in [1.29, 1.82) is 0 Å². The first-order chi connectivity index (χ1) is 10.1. The minimum Gasteiger partial charge on any atom is -0.347 e. The Labute approximate surface area is 125 Å². The van der Waals surface area contributed by atoms with Crippen molar-refractivity contribution in [3.63, 3.8) is 0 Å². The molecule has 3 N–H and O–H groups in total. The molecule has 2 rings (SSSR count). The van der Waals surface area contributed by atoms with Crippen LogP contribution < -0.4 is 11.1 Å². The van der Waals surface area contributed by atoms with Gasteiger partial charge in [0.05, 0.1) is 6.54 Å². The zero-order chi connectivity index (χ0) is 15.2. The van der Waals surface area contributed by atoms with Crippen molar-refractivity contribution >= 4 is 11.8 Å². The van der Waals surface area contributed by atoms with E-state index in [1.54, 1.807) is 29.9 Å². The van der Waals surface area contributed by atoms with Gasteiger partial charge in [0.1, 0.15) is 5.69 Å². The van der Waals surface area contributed by atoms with Crippen LogP contribution in [-0.2, 0) is 11.8 Å². The van der Waals surface area contributed by atoms with E-state index in [4.69, 9.17) is 5.73 Å². The Balaban J connectivity index is 1.81. The molecule has 1 aromatic heterocycles. The second-order valence-electron chi connectivity index (χ2n) is 5.70. The smallest absolute Gasteiger partial charge is 0.274 e. The molecule has 2 heterocycles. The number of hydrogen-bond donors (Lipinski definition) is 2. The van der Waals surface area contributed by atoms with Crippen LogP contribution >= 0.6 is 0 Å². The number of carbonyl (C=O) groups excluding carboxylic acids is 2. The topological polar surface area (TPSA) is 80.4 Å². The minimum absolute atomic E-state index is 0.241. The second-order valence-corrected chi connectivity index (χ2v) is 5.70. The van der Waals surface area contributed by atoms with E-state index in [1.165, 1.54) is 6.42 Å². The van der Waals surface area contributed by atoms with Crippen LogP contribution in [0.25, 0.3) is 0 Å². The van der Waals surface area contributed by atoms with Gasteiger partial charge in [-0.15, -0.1) is 0 Å². The molecule has 1 atom stereocenters. The highest BCUT2D eigenvalue weighted by molar-refractivity contribution is 6.04. The molecule has 116 valence electrons. The predicted octanol–water partition coefficient (Wildman–Crippen LogP) is 0.342. The van der Waals surface area contributed by atoms with Gasteiger partial charge in [-0.25, -0.2) is 0 Å². The number of nitrogens with one attached hydrogen (secondary N) is 1. The van der Waals surface area contributed by atoms with E-state index in [2.05, 4.69) is 10.2 Å². The molecule has 1 unspecified atom stereocenters. The molecule has 1 saturated heterocycles. The molecule has 6 nitrogen and oxygen atoms in total. The maximum Gasteiger partial charge on any atom is 0.274 e. The van der Waals surface area contributed by atoms with E-state index >= 15 is 0 Å². The molecule has 1 aliphatic heterocycles. The predicted molar refractivity (Wildman–Crippen MR) is 80.7 cm³/mol. The summed E-state index contributed by atoms with van der Waals surface area (Å²) in [5.41, 5.74) is 6.08. The number of carbonyl (C=O) groups is 2. The number of nitrogens with two attached hydrogens (primary N) is 1. The number of imide groups is 1. The van der Waals surface area contributed by atoms with Crippen molar-refractivity contribution in [3.8, 4) is 0 Å². The Morgan fingerprint density at radius 1 is 1.48 bits per heavy atom. The fraction of sp³-hybridized carbons (Fsp3) is 0.600. The molecule has 0 radical (unpaired) electrons. The minimum atomic E-state index is -0.344. The fourth-order valence-electron chi connectivity index (χ4n) is 2.90. The van der Waals surface area contributed by atoms with Crippen LogP contribution in [0.15, 0.2) is 18.3 Å². The van der Waals surface area contributed by atoms with Gasteiger partial charge in [0, 0.05) is 19.8 Å². The third-order valence-electron chi connectivity index (χ3n) is 3.97. The zero-order valence-corrected chi connectivity index (χ0v) is 12.5. The second kappa shape index (κ2) is 7.38. The Hall–Kier alpha value is -1.66. The molecule has 0 aromatic carbocycles. The molecular weight excluding hydrogens is 268 g/mol. The van der Waals surface area contributed by atoms with Gasteiger partial charge in [0.15, 0.2) is 0 Å². The Kier molecular flexibility index (Phi) is 5.52. The molecule has 1 aliphatic rings. The highest BCUT2D eigenvalue weighted by Crippen LogP contribution is 2.18. The first kappa shape index (κ1) is 15.7. The largest absolute Gasteiger partial charge is 0.347 e. The summed E-state index contributed by atoms with van der Waals surface area (Å²) in [7, 11) is 1.78. The molecule has 1 aromatic rings. The summed E-state index contributed by atoms with van der Waals surface area (Å²) >= 11 is 0. The lowest BCUT2D eigenvalue weighted by Crippen LogP contribution is -2.44. The van der Waals surface area contributed by atoms with Crippen molar-refractivity contribution in [2.75, 3.05) is 26.2 Å². The Morgan fingerprint density at radius 3 is 2.95 bits per heavy atom. The van der Waals surface area contributed by atoms with E-state index in [0.29, 0.717) is 18.2 Å². The van der Waals surface area contributed by atoms with Crippen LogP contribution in [-0.4, -0.2) is 47.5 Å². The summed E-state index contributed by atoms with van der Waals surface area (Å²) < 4.78 is 1.70. The number of amides is 2. The average Bonchev–Trinajstić information content (AvgIpc) is 2.85. The molecule has 1 fully saturated rings. The lowest BCUT2D eigenvalue weighted by atomic mass is 9.95. The highest BCUT2D eigenvalue weighted by atomic mass is 16.2. The standard InChI is InChI=1S/C15H24N4O2/c1-18-8-3-5-13(18)15(21)17-14(20)11-19-9-2-4-12(10-19)6-7-16/h3,5,8,12H,2,4,6-7,9-11,16H2,1H3,(H,17,20,21). The Bertz CT molecular complexity index is 496. The first-order valence-corrected chi connectivity index (χ1v) is 7.48. The van der Waals surface area contributed by atoms with Crippen molar-refractivity contribution < 1.29 is 9.59 Å². The third-order valence-corrected chi connectivity index (χ3v) is 3.97. The molecule has 21 heavy (non-hydrogen) atoms. The number of aryl methyl sites for hydroxylation is 1. The van der Waals surface area contributed by atoms with Gasteiger partial charge in [-0.05, 0) is 50.4 Å². The van der Waals surface area contributed by atoms with Crippen LogP contribution in [0.2, 0.25) is 0 Å². The van der Waals surface area contributed by atoms with E-state index in [0.717, 1.165) is 25.9 Å². The molecule has 6 heteroatoms. The van der Waals surface area contributed by atoms with Crippen LogP contribution in [0.1, 0.15) is 29.8 Å². The number of aromatic nitrogens is 1. The van der Waals surface area contributed by atoms with Crippen molar-refractivity contribution in [2.45, 2.75) is 19.3 Å². The summed E-state index contributed by atoms with van der Waals surface area (Å²) in [5, 5.41) is 2.45. The summed E-state index contributed by atoms with van der Waals surface area (Å²) in [5.74, 6) is -0.0160. The van der Waals surface area contributed by atoms with Gasteiger partial charge < -0.3 is 10.3 Å². The number of likely N-dealkylation sites (tertiary alicyclic amines) is 1. The monoisotopic (exact) mass is 292 g/mol. The van der Waals surface area contributed by atoms with Gasteiger partial charge in [0.25, 0.3) is 5.91 Å². The lowest BCUT2D eigenvalue weighted by molar-refractivity contribution is -0.121. The number of piperidine rings is 1. The fourth-order valence-corrected chi connectivity index (χ4v) is 2.90. The molecular formula is C15H24N4O2. The first-order valence-electron chi connectivity index (χ1n) is 7.48. The molecule has 0 aliphatic carbocycles. The summed E-state index contributed by atoms with van der Waals surface area (Å²) in [4.78, 5) is 26.1. The number of hydrogen-bond acceptors (Lipinski definition) is 4. The lowest BCUT2D eigenvalue weighted by Gasteiger charge is -2.31. The van der Waals surface area contributed by atoms with Gasteiger partial charge in [-0.2, -0.15) is 0 Å². The molecule has 0 spiro atoms. The van der Waals surface area contributed by atoms with Crippen molar-refractivity contribution in [3.05, 3.63) is 24.0 Å². The van der Waals surface area contributed by atoms with E-state index in [9.17, 15) is 9.59 Å². The molecule has 2 amide bonds. The van der Waals surface area contributed by atoms with Gasteiger partial charge in [-0.3, -0.25) is 19.8 Å². The number of nitrogens with zero attached hydrogens (tertiary/aromatic N) is 2. The van der Waals surface area contributed by atoms with E-state index < -0.39 is 0 Å². The van der Waals surface area contributed by atoms with Crippen LogP contribution in [0.4, 0.5) is 0 Å². The van der Waals surface area contributed by atoms with Crippen LogP contribution in [0.5, 0.6) is 0 Å². The maximum atomic E-state index is 12.0. The Morgan fingerprint density at radius 2 is 2.29 bits per heavy atom. The average molecular weight is 292 g/mol. The summed E-state index contributed by atoms with van der Waals surface area (Å²) in [6, 6.07) is 3.47. The summed E-state index contributed by atoms with van der Waals surface area (Å²) in [6.07, 6.45) is 5.04. The van der Waals surface area contributed by atoms with Crippen LogP contribution in [0, 0.1) is 5.92 Å².